The van der Waals surface area contributed by atoms with E-state index in [9.17, 15) is 9.59 Å². The highest BCUT2D eigenvalue weighted by Crippen LogP contribution is 2.27. The maximum atomic E-state index is 11.9. The summed E-state index contributed by atoms with van der Waals surface area (Å²) in [6.07, 6.45) is 1.37. The van der Waals surface area contributed by atoms with Crippen molar-refractivity contribution in [2.24, 2.45) is 0 Å². The number of rotatable bonds is 3. The Morgan fingerprint density at radius 3 is 2.74 bits per heavy atom. The van der Waals surface area contributed by atoms with Gasteiger partial charge in [0, 0.05) is 13.0 Å². The van der Waals surface area contributed by atoms with Crippen molar-refractivity contribution in [3.63, 3.8) is 0 Å². The molecule has 2 amide bonds. The van der Waals surface area contributed by atoms with Gasteiger partial charge in [-0.2, -0.15) is 0 Å². The molecule has 1 N–H and O–H groups in total. The summed E-state index contributed by atoms with van der Waals surface area (Å²) in [6, 6.07) is 3.77. The SMILES string of the molecule is Cc1cc(C)c(NC(=O)CN2CCCC2=O)c(Cl)c1. The van der Waals surface area contributed by atoms with Crippen LogP contribution in [0.3, 0.4) is 0 Å². The van der Waals surface area contributed by atoms with Crippen molar-refractivity contribution in [1.82, 2.24) is 4.90 Å². The number of nitrogens with zero attached hydrogens (tertiary/aromatic N) is 1. The van der Waals surface area contributed by atoms with Crippen LogP contribution in [0.1, 0.15) is 24.0 Å². The van der Waals surface area contributed by atoms with Gasteiger partial charge >= 0.3 is 0 Å². The van der Waals surface area contributed by atoms with E-state index in [1.807, 2.05) is 26.0 Å². The smallest absolute Gasteiger partial charge is 0.244 e. The minimum Gasteiger partial charge on any atom is -0.333 e. The highest BCUT2D eigenvalue weighted by Gasteiger charge is 2.22. The summed E-state index contributed by atoms with van der Waals surface area (Å²) in [5, 5.41) is 3.31. The lowest BCUT2D eigenvalue weighted by molar-refractivity contribution is -0.131. The minimum absolute atomic E-state index is 0.0434. The van der Waals surface area contributed by atoms with E-state index in [4.69, 9.17) is 11.6 Å². The van der Waals surface area contributed by atoms with Gasteiger partial charge in [0.05, 0.1) is 17.3 Å². The number of nitrogens with one attached hydrogen (secondary N) is 1. The fourth-order valence-electron chi connectivity index (χ4n) is 2.30. The average Bonchev–Trinajstić information content (AvgIpc) is 2.69. The summed E-state index contributed by atoms with van der Waals surface area (Å²) in [5.74, 6) is -0.161. The normalized spacial score (nSPS) is 14.9. The van der Waals surface area contributed by atoms with Crippen LogP contribution in [0, 0.1) is 13.8 Å². The number of halogens is 1. The molecule has 0 radical (unpaired) electrons. The maximum Gasteiger partial charge on any atom is 0.244 e. The summed E-state index contributed by atoms with van der Waals surface area (Å²) in [7, 11) is 0. The van der Waals surface area contributed by atoms with Gasteiger partial charge in [-0.3, -0.25) is 9.59 Å². The molecule has 0 aromatic heterocycles. The van der Waals surface area contributed by atoms with Crippen molar-refractivity contribution in [2.75, 3.05) is 18.4 Å². The molecule has 0 unspecified atom stereocenters. The molecule has 102 valence electrons. The summed E-state index contributed by atoms with van der Waals surface area (Å²) in [5.41, 5.74) is 2.60. The Morgan fingerprint density at radius 1 is 1.42 bits per heavy atom. The highest BCUT2D eigenvalue weighted by molar-refractivity contribution is 6.34. The zero-order chi connectivity index (χ0) is 14.0. The minimum atomic E-state index is -0.205. The van der Waals surface area contributed by atoms with Crippen LogP contribution in [-0.4, -0.2) is 29.8 Å². The van der Waals surface area contributed by atoms with E-state index < -0.39 is 0 Å². The first-order chi connectivity index (χ1) is 8.97. The summed E-state index contributed by atoms with van der Waals surface area (Å²) in [4.78, 5) is 25.0. The molecule has 2 rings (SSSR count). The Bertz CT molecular complexity index is 505. The first-order valence-electron chi connectivity index (χ1n) is 6.32. The van der Waals surface area contributed by atoms with Crippen LogP contribution in [-0.2, 0) is 9.59 Å². The second kappa shape index (κ2) is 5.61. The zero-order valence-corrected chi connectivity index (χ0v) is 11.9. The van der Waals surface area contributed by atoms with Crippen molar-refractivity contribution in [3.8, 4) is 0 Å². The summed E-state index contributed by atoms with van der Waals surface area (Å²) < 4.78 is 0. The van der Waals surface area contributed by atoms with Crippen LogP contribution in [0.15, 0.2) is 12.1 Å². The van der Waals surface area contributed by atoms with E-state index in [1.165, 1.54) is 0 Å². The number of aryl methyl sites for hydroxylation is 2. The van der Waals surface area contributed by atoms with Crippen LogP contribution in [0.25, 0.3) is 0 Å². The number of carbonyl (C=O) groups excluding carboxylic acids is 2. The topological polar surface area (TPSA) is 49.4 Å². The molecule has 0 spiro atoms. The van der Waals surface area contributed by atoms with Gasteiger partial charge in [-0.1, -0.05) is 17.7 Å². The molecule has 1 aliphatic rings. The molecule has 1 fully saturated rings. The van der Waals surface area contributed by atoms with Gasteiger partial charge < -0.3 is 10.2 Å². The lowest BCUT2D eigenvalue weighted by Crippen LogP contribution is -2.34. The molecule has 4 nitrogen and oxygen atoms in total. The highest BCUT2D eigenvalue weighted by atomic mass is 35.5. The predicted molar refractivity (Wildman–Crippen MR) is 75.4 cm³/mol. The zero-order valence-electron chi connectivity index (χ0n) is 11.1. The number of carbonyl (C=O) groups is 2. The molecule has 1 aliphatic heterocycles. The standard InChI is InChI=1S/C14H17ClN2O2/c1-9-6-10(2)14(11(15)7-9)16-12(18)8-17-5-3-4-13(17)19/h6-7H,3-5,8H2,1-2H3,(H,16,18). The molecule has 1 aromatic rings. The molecule has 0 saturated carbocycles. The van der Waals surface area contributed by atoms with Gasteiger partial charge in [0.15, 0.2) is 0 Å². The largest absolute Gasteiger partial charge is 0.333 e. The molecule has 1 aromatic carbocycles. The lowest BCUT2D eigenvalue weighted by atomic mass is 10.1. The van der Waals surface area contributed by atoms with Gasteiger partial charge in [-0.15, -0.1) is 0 Å². The molecular weight excluding hydrogens is 264 g/mol. The number of hydrogen-bond donors (Lipinski definition) is 1. The van der Waals surface area contributed by atoms with Gasteiger partial charge in [-0.05, 0) is 37.5 Å². The molecule has 1 saturated heterocycles. The molecule has 5 heteroatoms. The second-order valence-electron chi connectivity index (χ2n) is 4.91. The molecule has 0 bridgehead atoms. The van der Waals surface area contributed by atoms with E-state index in [0.29, 0.717) is 23.7 Å². The predicted octanol–water partition coefficient (Wildman–Crippen LogP) is 2.52. The van der Waals surface area contributed by atoms with E-state index in [1.54, 1.807) is 4.90 Å². The maximum absolute atomic E-state index is 11.9. The fourth-order valence-corrected chi connectivity index (χ4v) is 2.67. The molecular formula is C14H17ClN2O2. The van der Waals surface area contributed by atoms with Crippen LogP contribution in [0.5, 0.6) is 0 Å². The van der Waals surface area contributed by atoms with Crippen molar-refractivity contribution in [2.45, 2.75) is 26.7 Å². The average molecular weight is 281 g/mol. The fraction of sp³-hybridized carbons (Fsp3) is 0.429. The first kappa shape index (κ1) is 13.9. The Labute approximate surface area is 117 Å². The first-order valence-corrected chi connectivity index (χ1v) is 6.69. The molecule has 19 heavy (non-hydrogen) atoms. The molecule has 1 heterocycles. The van der Waals surface area contributed by atoms with Gasteiger partial charge in [0.1, 0.15) is 0 Å². The third kappa shape index (κ3) is 3.26. The second-order valence-corrected chi connectivity index (χ2v) is 5.31. The van der Waals surface area contributed by atoms with Crippen molar-refractivity contribution in [1.29, 1.82) is 0 Å². The van der Waals surface area contributed by atoms with E-state index >= 15 is 0 Å². The third-order valence-corrected chi connectivity index (χ3v) is 3.50. The van der Waals surface area contributed by atoms with Crippen molar-refractivity contribution < 1.29 is 9.59 Å². The Hall–Kier alpha value is -1.55. The number of likely N-dealkylation sites (tertiary alicyclic amines) is 1. The number of anilines is 1. The monoisotopic (exact) mass is 280 g/mol. The summed E-state index contributed by atoms with van der Waals surface area (Å²) in [6.45, 7) is 4.61. The van der Waals surface area contributed by atoms with Crippen molar-refractivity contribution in [3.05, 3.63) is 28.3 Å². The summed E-state index contributed by atoms with van der Waals surface area (Å²) >= 11 is 6.13. The van der Waals surface area contributed by atoms with Crippen molar-refractivity contribution >= 4 is 29.1 Å². The van der Waals surface area contributed by atoms with E-state index in [0.717, 1.165) is 17.5 Å². The number of amides is 2. The number of hydrogen-bond acceptors (Lipinski definition) is 2. The van der Waals surface area contributed by atoms with E-state index in [-0.39, 0.29) is 18.4 Å². The Balaban J connectivity index is 2.05. The van der Waals surface area contributed by atoms with Gasteiger partial charge in [-0.25, -0.2) is 0 Å². The van der Waals surface area contributed by atoms with E-state index in [2.05, 4.69) is 5.32 Å². The van der Waals surface area contributed by atoms with Crippen LogP contribution in [0.2, 0.25) is 5.02 Å². The van der Waals surface area contributed by atoms with Crippen LogP contribution < -0.4 is 5.32 Å². The van der Waals surface area contributed by atoms with Gasteiger partial charge in [0.2, 0.25) is 11.8 Å². The molecule has 0 atom stereocenters. The Kier molecular flexibility index (Phi) is 4.10. The molecule has 0 aliphatic carbocycles. The lowest BCUT2D eigenvalue weighted by Gasteiger charge is -2.16. The quantitative estimate of drug-likeness (QED) is 0.925. The van der Waals surface area contributed by atoms with Crippen LogP contribution >= 0.6 is 11.6 Å². The van der Waals surface area contributed by atoms with Gasteiger partial charge in [0.25, 0.3) is 0 Å². The number of benzene rings is 1. The Morgan fingerprint density at radius 2 is 2.16 bits per heavy atom. The third-order valence-electron chi connectivity index (χ3n) is 3.20. The van der Waals surface area contributed by atoms with Crippen LogP contribution in [0.4, 0.5) is 5.69 Å².